The van der Waals surface area contributed by atoms with Gasteiger partial charge in [0.25, 0.3) is 0 Å². The highest BCUT2D eigenvalue weighted by Gasteiger charge is 1.90. The number of aromatic hydroxyl groups is 1. The number of phenolic OH excluding ortho intramolecular Hbond substituents is 1. The average molecular weight is 196 g/mol. The van der Waals surface area contributed by atoms with E-state index in [0.29, 0.717) is 5.75 Å². The maximum atomic E-state index is 8.91. The molecule has 1 aromatic rings. The number of rotatable bonds is 2. The minimum Gasteiger partial charge on any atom is -0.508 e. The third-order valence-electron chi connectivity index (χ3n) is 1.46. The lowest BCUT2D eigenvalue weighted by molar-refractivity contribution is 0.186. The Morgan fingerprint density at radius 3 is 1.86 bits per heavy atom. The second-order valence-corrected chi connectivity index (χ2v) is 2.77. The van der Waals surface area contributed by atoms with Crippen molar-refractivity contribution in [3.8, 4) is 5.75 Å². The summed E-state index contributed by atoms with van der Waals surface area (Å²) in [4.78, 5) is 0. The Balaban J connectivity index is 0.000000364. The molecule has 0 atom stereocenters. The Morgan fingerprint density at radius 2 is 1.57 bits per heavy atom. The number of hydrogen-bond donors (Lipinski definition) is 3. The molecule has 3 heteroatoms. The lowest BCUT2D eigenvalue weighted by Crippen LogP contribution is -1.85. The van der Waals surface area contributed by atoms with E-state index in [4.69, 9.17) is 15.3 Å². The molecule has 0 aromatic heterocycles. The van der Waals surface area contributed by atoms with Gasteiger partial charge in [-0.25, -0.2) is 0 Å². The van der Waals surface area contributed by atoms with Gasteiger partial charge in [-0.15, -0.1) is 0 Å². The minimum absolute atomic E-state index is 0.125. The van der Waals surface area contributed by atoms with Gasteiger partial charge in [-0.1, -0.05) is 24.3 Å². The summed E-state index contributed by atoms with van der Waals surface area (Å²) in [5.74, 6) is 0.296. The maximum absolute atomic E-state index is 8.91. The third-order valence-corrected chi connectivity index (χ3v) is 1.46. The predicted molar refractivity (Wildman–Crippen MR) is 57.0 cm³/mol. The van der Waals surface area contributed by atoms with Gasteiger partial charge in [0.15, 0.2) is 0 Å². The highest BCUT2D eigenvalue weighted by atomic mass is 16.3. The van der Waals surface area contributed by atoms with Crippen LogP contribution in [0.1, 0.15) is 12.5 Å². The molecule has 3 N–H and O–H groups in total. The monoisotopic (exact) mass is 196 g/mol. The van der Waals surface area contributed by atoms with Crippen molar-refractivity contribution in [2.75, 3.05) is 13.2 Å². The maximum Gasteiger partial charge on any atom is 0.115 e. The molecule has 0 amide bonds. The van der Waals surface area contributed by atoms with Gasteiger partial charge in [0.1, 0.15) is 5.75 Å². The Labute approximate surface area is 84.0 Å². The first-order valence-corrected chi connectivity index (χ1v) is 4.28. The van der Waals surface area contributed by atoms with Crippen LogP contribution in [0.3, 0.4) is 0 Å². The molecule has 1 rings (SSSR count). The van der Waals surface area contributed by atoms with E-state index in [2.05, 4.69) is 6.58 Å². The first kappa shape index (κ1) is 12.7. The van der Waals surface area contributed by atoms with Crippen LogP contribution in [-0.2, 0) is 0 Å². The van der Waals surface area contributed by atoms with Crippen LogP contribution in [0.5, 0.6) is 5.75 Å². The molecule has 0 aliphatic rings. The molecule has 0 fully saturated rings. The number of aliphatic hydroxyl groups excluding tert-OH is 2. The van der Waals surface area contributed by atoms with E-state index in [9.17, 15) is 0 Å². The fraction of sp³-hybridized carbons (Fsp3) is 0.273. The van der Waals surface area contributed by atoms with Crippen LogP contribution in [0.15, 0.2) is 30.8 Å². The van der Waals surface area contributed by atoms with Gasteiger partial charge in [0, 0.05) is 0 Å². The summed E-state index contributed by atoms with van der Waals surface area (Å²) in [6.45, 7) is 5.46. The average Bonchev–Trinajstić information content (AvgIpc) is 2.19. The van der Waals surface area contributed by atoms with Gasteiger partial charge in [-0.3, -0.25) is 0 Å². The van der Waals surface area contributed by atoms with Crippen molar-refractivity contribution in [3.05, 3.63) is 36.4 Å². The van der Waals surface area contributed by atoms with Gasteiger partial charge in [-0.05, 0) is 24.6 Å². The molecule has 0 radical (unpaired) electrons. The van der Waals surface area contributed by atoms with Crippen LogP contribution < -0.4 is 0 Å². The number of aliphatic hydroxyl groups is 2. The van der Waals surface area contributed by atoms with Crippen LogP contribution >= 0.6 is 0 Å². The van der Waals surface area contributed by atoms with E-state index in [1.807, 2.05) is 19.1 Å². The molecule has 1 aromatic carbocycles. The number of hydrogen-bond acceptors (Lipinski definition) is 3. The van der Waals surface area contributed by atoms with Crippen molar-refractivity contribution in [2.24, 2.45) is 0 Å². The Morgan fingerprint density at radius 1 is 1.14 bits per heavy atom. The van der Waals surface area contributed by atoms with E-state index < -0.39 is 0 Å². The molecule has 0 bridgehead atoms. The molecule has 0 aliphatic carbocycles. The van der Waals surface area contributed by atoms with Crippen LogP contribution in [0, 0.1) is 0 Å². The molecule has 0 spiro atoms. The Kier molecular flexibility index (Phi) is 6.45. The van der Waals surface area contributed by atoms with Crippen molar-refractivity contribution in [1.82, 2.24) is 0 Å². The predicted octanol–water partition coefficient (Wildman–Crippen LogP) is 1.40. The zero-order valence-electron chi connectivity index (χ0n) is 8.27. The zero-order chi connectivity index (χ0) is 11.0. The summed E-state index contributed by atoms with van der Waals surface area (Å²) in [6.07, 6.45) is 0. The van der Waals surface area contributed by atoms with Gasteiger partial charge < -0.3 is 15.3 Å². The Bertz CT molecular complexity index is 262. The normalized spacial score (nSPS) is 8.79. The van der Waals surface area contributed by atoms with Crippen molar-refractivity contribution < 1.29 is 15.3 Å². The molecular weight excluding hydrogens is 180 g/mol. The first-order chi connectivity index (χ1) is 6.61. The first-order valence-electron chi connectivity index (χ1n) is 4.28. The summed E-state index contributed by atoms with van der Waals surface area (Å²) in [6, 6.07) is 7.00. The molecule has 78 valence electrons. The van der Waals surface area contributed by atoms with E-state index in [-0.39, 0.29) is 13.2 Å². The minimum atomic E-state index is -0.125. The standard InChI is InChI=1S/C9H10O.C2H6O2/c1-7(2)8-3-5-9(10)6-4-8;3-1-2-4/h3-6,10H,1H2,2H3;3-4H,1-2H2. The zero-order valence-corrected chi connectivity index (χ0v) is 8.27. The lowest BCUT2D eigenvalue weighted by atomic mass is 10.1. The second kappa shape index (κ2) is 7.12. The van der Waals surface area contributed by atoms with Gasteiger partial charge in [-0.2, -0.15) is 0 Å². The molecule has 14 heavy (non-hydrogen) atoms. The summed E-state index contributed by atoms with van der Waals surface area (Å²) in [5, 5.41) is 24.2. The quantitative estimate of drug-likeness (QED) is 0.670. The summed E-state index contributed by atoms with van der Waals surface area (Å²) in [7, 11) is 0. The molecule has 0 saturated carbocycles. The fourth-order valence-corrected chi connectivity index (χ4v) is 0.746. The largest absolute Gasteiger partial charge is 0.508 e. The second-order valence-electron chi connectivity index (χ2n) is 2.77. The van der Waals surface area contributed by atoms with E-state index in [1.165, 1.54) is 0 Å². The molecule has 0 heterocycles. The van der Waals surface area contributed by atoms with Crippen molar-refractivity contribution >= 4 is 5.57 Å². The van der Waals surface area contributed by atoms with Gasteiger partial charge >= 0.3 is 0 Å². The van der Waals surface area contributed by atoms with Gasteiger partial charge in [0.05, 0.1) is 13.2 Å². The van der Waals surface area contributed by atoms with E-state index in [0.717, 1.165) is 11.1 Å². The Hall–Kier alpha value is -1.32. The molecular formula is C11H16O3. The smallest absolute Gasteiger partial charge is 0.115 e. The third kappa shape index (κ3) is 5.35. The van der Waals surface area contributed by atoms with Crippen LogP contribution in [0.4, 0.5) is 0 Å². The lowest BCUT2D eigenvalue weighted by Gasteiger charge is -1.97. The topological polar surface area (TPSA) is 60.7 Å². The summed E-state index contributed by atoms with van der Waals surface area (Å²) < 4.78 is 0. The summed E-state index contributed by atoms with van der Waals surface area (Å²) in [5.41, 5.74) is 2.08. The highest BCUT2D eigenvalue weighted by molar-refractivity contribution is 5.61. The summed E-state index contributed by atoms with van der Waals surface area (Å²) >= 11 is 0. The molecule has 0 aliphatic heterocycles. The van der Waals surface area contributed by atoms with Crippen LogP contribution in [-0.4, -0.2) is 28.5 Å². The van der Waals surface area contributed by atoms with Crippen molar-refractivity contribution in [2.45, 2.75) is 6.92 Å². The van der Waals surface area contributed by atoms with Crippen LogP contribution in [0.25, 0.3) is 5.57 Å². The van der Waals surface area contributed by atoms with Crippen molar-refractivity contribution in [1.29, 1.82) is 0 Å². The van der Waals surface area contributed by atoms with E-state index >= 15 is 0 Å². The van der Waals surface area contributed by atoms with Gasteiger partial charge in [0.2, 0.25) is 0 Å². The molecule has 0 saturated heterocycles. The SMILES string of the molecule is C=C(C)c1ccc(O)cc1.OCCO. The van der Waals surface area contributed by atoms with Crippen molar-refractivity contribution in [3.63, 3.8) is 0 Å². The number of phenols is 1. The number of benzene rings is 1. The highest BCUT2D eigenvalue weighted by Crippen LogP contribution is 2.14. The van der Waals surface area contributed by atoms with Crippen LogP contribution in [0.2, 0.25) is 0 Å². The fourth-order valence-electron chi connectivity index (χ4n) is 0.746. The van der Waals surface area contributed by atoms with E-state index in [1.54, 1.807) is 12.1 Å². The molecule has 0 unspecified atom stereocenters. The molecule has 3 nitrogen and oxygen atoms in total. The number of allylic oxidation sites excluding steroid dienone is 1.